The van der Waals surface area contributed by atoms with Crippen LogP contribution in [0.4, 0.5) is 21.8 Å². The monoisotopic (exact) mass is 421 g/mol. The third-order valence-corrected chi connectivity index (χ3v) is 5.21. The van der Waals surface area contributed by atoms with E-state index in [0.717, 1.165) is 18.2 Å². The molecule has 158 valence electrons. The summed E-state index contributed by atoms with van der Waals surface area (Å²) in [7, 11) is 0. The molecule has 0 spiro atoms. The van der Waals surface area contributed by atoms with Crippen LogP contribution < -0.4 is 10.2 Å². The van der Waals surface area contributed by atoms with E-state index in [0.29, 0.717) is 22.9 Å². The number of aromatic nitrogens is 4. The smallest absolute Gasteiger partial charge is 0.338 e. The lowest BCUT2D eigenvalue weighted by Crippen LogP contribution is -2.40. The van der Waals surface area contributed by atoms with Crippen molar-refractivity contribution in [3.8, 4) is 11.8 Å². The number of nitrogens with zero attached hydrogens (tertiary/aromatic N) is 6. The quantitative estimate of drug-likeness (QED) is 0.638. The van der Waals surface area contributed by atoms with Gasteiger partial charge in [0.15, 0.2) is 11.5 Å². The van der Waals surface area contributed by atoms with Crippen molar-refractivity contribution in [1.82, 2.24) is 19.5 Å². The molecule has 0 aliphatic carbocycles. The number of aromatic carboxylic acids is 1. The number of imidazole rings is 1. The van der Waals surface area contributed by atoms with Crippen molar-refractivity contribution in [2.75, 3.05) is 10.2 Å². The highest BCUT2D eigenvalue weighted by Gasteiger charge is 2.36. The number of nitrogens with one attached hydrogen (secondary N) is 1. The van der Waals surface area contributed by atoms with Gasteiger partial charge in [-0.1, -0.05) is 6.92 Å². The predicted octanol–water partition coefficient (Wildman–Crippen LogP) is 3.79. The van der Waals surface area contributed by atoms with E-state index in [9.17, 15) is 14.4 Å². The van der Waals surface area contributed by atoms with Crippen LogP contribution in [-0.4, -0.2) is 36.6 Å². The van der Waals surface area contributed by atoms with Crippen LogP contribution in [0.25, 0.3) is 5.69 Å². The zero-order chi connectivity index (χ0) is 22.3. The van der Waals surface area contributed by atoms with Gasteiger partial charge in [0.05, 0.1) is 23.5 Å². The van der Waals surface area contributed by atoms with E-state index in [-0.39, 0.29) is 18.0 Å². The fourth-order valence-electron chi connectivity index (χ4n) is 3.91. The Kier molecular flexibility index (Phi) is 5.02. The Hall–Kier alpha value is -4.00. The van der Waals surface area contributed by atoms with Gasteiger partial charge < -0.3 is 15.3 Å². The molecule has 1 aromatic carbocycles. The van der Waals surface area contributed by atoms with E-state index in [1.54, 1.807) is 12.5 Å². The lowest BCUT2D eigenvalue weighted by atomic mass is 10.0. The summed E-state index contributed by atoms with van der Waals surface area (Å²) >= 11 is 0. The van der Waals surface area contributed by atoms with Crippen molar-refractivity contribution in [3.63, 3.8) is 0 Å². The SMILES string of the molecule is CCC1c2c(C#N)ncn2-c2cnc(Nc3ccc(C(=O)O)c(F)c3)nc2N1C(C)C. The van der Waals surface area contributed by atoms with Crippen LogP contribution in [0.5, 0.6) is 0 Å². The number of hydrogen-bond donors (Lipinski definition) is 2. The second-order valence-electron chi connectivity index (χ2n) is 7.41. The molecule has 0 bridgehead atoms. The number of fused-ring (bicyclic) bond motifs is 3. The van der Waals surface area contributed by atoms with Crippen molar-refractivity contribution in [2.45, 2.75) is 39.3 Å². The molecule has 2 N–H and O–H groups in total. The first kappa shape index (κ1) is 20.3. The van der Waals surface area contributed by atoms with Gasteiger partial charge in [0.25, 0.3) is 0 Å². The van der Waals surface area contributed by atoms with Gasteiger partial charge in [-0.05, 0) is 38.5 Å². The Morgan fingerprint density at radius 2 is 2.16 bits per heavy atom. The zero-order valence-corrected chi connectivity index (χ0v) is 17.2. The van der Waals surface area contributed by atoms with Crippen LogP contribution in [0.2, 0.25) is 0 Å². The van der Waals surface area contributed by atoms with Crippen molar-refractivity contribution in [3.05, 3.63) is 53.5 Å². The predicted molar refractivity (Wildman–Crippen MR) is 111 cm³/mol. The van der Waals surface area contributed by atoms with E-state index in [1.165, 1.54) is 12.1 Å². The number of hydrogen-bond acceptors (Lipinski definition) is 7. The maximum Gasteiger partial charge on any atom is 0.338 e. The molecule has 9 nitrogen and oxygen atoms in total. The Morgan fingerprint density at radius 3 is 2.77 bits per heavy atom. The van der Waals surface area contributed by atoms with Gasteiger partial charge in [-0.15, -0.1) is 0 Å². The van der Waals surface area contributed by atoms with E-state index in [4.69, 9.17) is 5.11 Å². The average Bonchev–Trinajstić information content (AvgIpc) is 3.16. The Bertz CT molecular complexity index is 1210. The fraction of sp³-hybridized carbons (Fsp3) is 0.286. The number of anilines is 3. The van der Waals surface area contributed by atoms with E-state index >= 15 is 0 Å². The molecule has 3 aromatic rings. The summed E-state index contributed by atoms with van der Waals surface area (Å²) < 4.78 is 15.9. The van der Waals surface area contributed by atoms with Gasteiger partial charge in [0, 0.05) is 11.7 Å². The minimum Gasteiger partial charge on any atom is -0.478 e. The summed E-state index contributed by atoms with van der Waals surface area (Å²) in [4.78, 5) is 26.4. The first-order valence-corrected chi connectivity index (χ1v) is 9.78. The van der Waals surface area contributed by atoms with Crippen LogP contribution in [0.15, 0.2) is 30.7 Å². The highest BCUT2D eigenvalue weighted by Crippen LogP contribution is 2.41. The second-order valence-corrected chi connectivity index (χ2v) is 7.41. The normalized spacial score (nSPS) is 14.7. The third kappa shape index (κ3) is 3.34. The summed E-state index contributed by atoms with van der Waals surface area (Å²) in [6.45, 7) is 6.12. The van der Waals surface area contributed by atoms with Crippen LogP contribution >= 0.6 is 0 Å². The van der Waals surface area contributed by atoms with Crippen LogP contribution in [-0.2, 0) is 0 Å². The molecular weight excluding hydrogens is 401 g/mol. The number of benzene rings is 1. The second kappa shape index (κ2) is 7.68. The number of carboxylic acids is 1. The maximum absolute atomic E-state index is 14.0. The highest BCUT2D eigenvalue weighted by atomic mass is 19.1. The molecular formula is C21H20FN7O2. The number of nitriles is 1. The van der Waals surface area contributed by atoms with E-state index in [1.807, 2.05) is 25.3 Å². The van der Waals surface area contributed by atoms with Crippen LogP contribution in [0, 0.1) is 17.1 Å². The molecule has 0 radical (unpaired) electrons. The molecule has 0 saturated heterocycles. The van der Waals surface area contributed by atoms with Gasteiger partial charge in [-0.3, -0.25) is 4.57 Å². The Labute approximate surface area is 177 Å². The molecule has 0 amide bonds. The minimum absolute atomic E-state index is 0.0777. The molecule has 4 rings (SSSR count). The Balaban J connectivity index is 1.78. The fourth-order valence-corrected chi connectivity index (χ4v) is 3.91. The molecule has 1 aliphatic heterocycles. The van der Waals surface area contributed by atoms with Gasteiger partial charge in [0.2, 0.25) is 5.95 Å². The number of carbonyl (C=O) groups is 1. The van der Waals surface area contributed by atoms with Crippen LogP contribution in [0.1, 0.15) is 55.0 Å². The van der Waals surface area contributed by atoms with Crippen LogP contribution in [0.3, 0.4) is 0 Å². The summed E-state index contributed by atoms with van der Waals surface area (Å²) in [5, 5.41) is 21.4. The van der Waals surface area contributed by atoms with Gasteiger partial charge in [-0.25, -0.2) is 19.2 Å². The van der Waals surface area contributed by atoms with E-state index in [2.05, 4.69) is 31.2 Å². The lowest BCUT2D eigenvalue weighted by Gasteiger charge is -2.40. The average molecular weight is 421 g/mol. The highest BCUT2D eigenvalue weighted by molar-refractivity contribution is 5.88. The Morgan fingerprint density at radius 1 is 1.39 bits per heavy atom. The number of rotatable bonds is 5. The van der Waals surface area contributed by atoms with Gasteiger partial charge >= 0.3 is 5.97 Å². The molecule has 1 unspecified atom stereocenters. The van der Waals surface area contributed by atoms with Gasteiger partial charge in [0.1, 0.15) is 23.9 Å². The van der Waals surface area contributed by atoms with Crippen molar-refractivity contribution in [2.24, 2.45) is 0 Å². The molecule has 0 fully saturated rings. The van der Waals surface area contributed by atoms with E-state index < -0.39 is 17.3 Å². The lowest BCUT2D eigenvalue weighted by molar-refractivity contribution is 0.0692. The van der Waals surface area contributed by atoms with Crippen molar-refractivity contribution < 1.29 is 14.3 Å². The molecule has 0 saturated carbocycles. The molecule has 31 heavy (non-hydrogen) atoms. The first-order valence-electron chi connectivity index (χ1n) is 9.78. The van der Waals surface area contributed by atoms with Crippen molar-refractivity contribution >= 4 is 23.4 Å². The number of halogens is 1. The first-order chi connectivity index (χ1) is 14.8. The minimum atomic E-state index is -1.33. The summed E-state index contributed by atoms with van der Waals surface area (Å²) in [5.74, 6) is -1.28. The molecule has 10 heteroatoms. The topological polar surface area (TPSA) is 120 Å². The summed E-state index contributed by atoms with van der Waals surface area (Å²) in [5.41, 5.74) is 1.80. The molecule has 1 aliphatic rings. The molecule has 2 aromatic heterocycles. The largest absolute Gasteiger partial charge is 0.478 e. The molecule has 3 heterocycles. The van der Waals surface area contributed by atoms with Crippen molar-refractivity contribution in [1.29, 1.82) is 5.26 Å². The summed E-state index contributed by atoms with van der Waals surface area (Å²) in [6.07, 6.45) is 3.97. The summed E-state index contributed by atoms with van der Waals surface area (Å²) in [6, 6.07) is 5.88. The number of carboxylic acid groups (broad SMARTS) is 1. The third-order valence-electron chi connectivity index (χ3n) is 5.21. The zero-order valence-electron chi connectivity index (χ0n) is 17.2. The standard InChI is InChI=1S/C21H20FN7O2/c1-4-16-18-15(8-23)25-10-28(18)17-9-24-21(27-19(17)29(16)11(2)3)26-12-5-6-13(20(30)31)14(22)7-12/h5-7,9-11,16H,4H2,1-3H3,(H,30,31)(H,24,26,27). The van der Waals surface area contributed by atoms with Gasteiger partial charge in [-0.2, -0.15) is 10.2 Å². The molecule has 1 atom stereocenters. The maximum atomic E-state index is 14.0.